The van der Waals surface area contributed by atoms with E-state index >= 15 is 0 Å². The number of hydrazone groups is 1. The standard InChI is InChI=1S/C25H31N3O6/c1-6-33-25(31)17(4)34-21-11-7-18(8-12-21)15-26-28-24(30)22(16(2)3)23(29)27-19-9-13-20(32-5)14-10-19/h7-17,22H,6H2,1-5H3,(H,27,29)(H,28,30). The number of amides is 2. The fraction of sp³-hybridized carbons (Fsp3) is 0.360. The van der Waals surface area contributed by atoms with Crippen LogP contribution in [0.5, 0.6) is 11.5 Å². The highest BCUT2D eigenvalue weighted by Gasteiger charge is 2.30. The highest BCUT2D eigenvalue weighted by atomic mass is 16.6. The molecular weight excluding hydrogens is 438 g/mol. The molecule has 2 rings (SSSR count). The van der Waals surface area contributed by atoms with Crippen molar-refractivity contribution in [2.24, 2.45) is 16.9 Å². The van der Waals surface area contributed by atoms with Crippen LogP contribution >= 0.6 is 0 Å². The molecule has 0 spiro atoms. The van der Waals surface area contributed by atoms with Gasteiger partial charge >= 0.3 is 5.97 Å². The first-order valence-electron chi connectivity index (χ1n) is 11.0. The van der Waals surface area contributed by atoms with Crippen molar-refractivity contribution in [3.63, 3.8) is 0 Å². The Labute approximate surface area is 199 Å². The Balaban J connectivity index is 1.94. The van der Waals surface area contributed by atoms with Gasteiger partial charge in [0.1, 0.15) is 17.4 Å². The second-order valence-corrected chi connectivity index (χ2v) is 7.75. The van der Waals surface area contributed by atoms with Gasteiger partial charge in [0.25, 0.3) is 5.91 Å². The van der Waals surface area contributed by atoms with E-state index in [1.807, 2.05) is 0 Å². The van der Waals surface area contributed by atoms with Gasteiger partial charge < -0.3 is 19.5 Å². The highest BCUT2D eigenvalue weighted by Crippen LogP contribution is 2.18. The summed E-state index contributed by atoms with van der Waals surface area (Å²) in [5, 5.41) is 6.71. The first-order valence-corrected chi connectivity index (χ1v) is 11.0. The number of nitrogens with zero attached hydrogens (tertiary/aromatic N) is 1. The molecule has 0 fully saturated rings. The van der Waals surface area contributed by atoms with Crippen molar-refractivity contribution in [1.82, 2.24) is 5.43 Å². The highest BCUT2D eigenvalue weighted by molar-refractivity contribution is 6.06. The zero-order chi connectivity index (χ0) is 25.1. The van der Waals surface area contributed by atoms with Gasteiger partial charge in [-0.2, -0.15) is 5.10 Å². The van der Waals surface area contributed by atoms with Crippen LogP contribution in [0.15, 0.2) is 53.6 Å². The molecule has 34 heavy (non-hydrogen) atoms. The SMILES string of the molecule is CCOC(=O)C(C)Oc1ccc(C=NNC(=O)C(C(=O)Nc2ccc(OC)cc2)C(C)C)cc1. The molecule has 182 valence electrons. The number of nitrogens with one attached hydrogen (secondary N) is 2. The number of rotatable bonds is 11. The van der Waals surface area contributed by atoms with Gasteiger partial charge in [-0.1, -0.05) is 13.8 Å². The molecule has 0 aliphatic carbocycles. The molecule has 0 aliphatic rings. The van der Waals surface area contributed by atoms with E-state index in [-0.39, 0.29) is 12.5 Å². The van der Waals surface area contributed by atoms with Crippen LogP contribution in [0.1, 0.15) is 33.3 Å². The number of methoxy groups -OCH3 is 1. The van der Waals surface area contributed by atoms with E-state index in [2.05, 4.69) is 15.8 Å². The van der Waals surface area contributed by atoms with E-state index in [9.17, 15) is 14.4 Å². The molecule has 0 saturated carbocycles. The summed E-state index contributed by atoms with van der Waals surface area (Å²) in [5.74, 6) is -1.39. The molecule has 2 aromatic rings. The number of esters is 1. The molecule has 2 N–H and O–H groups in total. The van der Waals surface area contributed by atoms with Gasteiger partial charge in [-0.15, -0.1) is 0 Å². The minimum Gasteiger partial charge on any atom is -0.497 e. The molecule has 0 aromatic heterocycles. The van der Waals surface area contributed by atoms with E-state index in [1.54, 1.807) is 83.3 Å². The van der Waals surface area contributed by atoms with Crippen molar-refractivity contribution in [3.05, 3.63) is 54.1 Å². The smallest absolute Gasteiger partial charge is 0.347 e. The van der Waals surface area contributed by atoms with Crippen LogP contribution in [0, 0.1) is 11.8 Å². The number of ether oxygens (including phenoxy) is 3. The van der Waals surface area contributed by atoms with Gasteiger partial charge in [0, 0.05) is 5.69 Å². The maximum absolute atomic E-state index is 12.7. The van der Waals surface area contributed by atoms with E-state index < -0.39 is 29.8 Å². The summed E-state index contributed by atoms with van der Waals surface area (Å²) < 4.78 is 15.5. The predicted molar refractivity (Wildman–Crippen MR) is 129 cm³/mol. The Morgan fingerprint density at radius 1 is 0.941 bits per heavy atom. The lowest BCUT2D eigenvalue weighted by Crippen LogP contribution is -2.39. The summed E-state index contributed by atoms with van der Waals surface area (Å²) in [6.07, 6.45) is 0.727. The van der Waals surface area contributed by atoms with Gasteiger partial charge in [0.15, 0.2) is 6.10 Å². The molecule has 0 heterocycles. The Morgan fingerprint density at radius 3 is 2.12 bits per heavy atom. The van der Waals surface area contributed by atoms with Crippen LogP contribution < -0.4 is 20.2 Å². The lowest BCUT2D eigenvalue weighted by molar-refractivity contribution is -0.150. The summed E-state index contributed by atoms with van der Waals surface area (Å²) in [6, 6.07) is 13.6. The van der Waals surface area contributed by atoms with Gasteiger partial charge in [-0.3, -0.25) is 9.59 Å². The molecule has 2 amide bonds. The molecule has 2 aromatic carbocycles. The molecule has 9 heteroatoms. The third kappa shape index (κ3) is 7.91. The van der Waals surface area contributed by atoms with Gasteiger partial charge in [0.2, 0.25) is 5.91 Å². The van der Waals surface area contributed by atoms with Gasteiger partial charge in [0.05, 0.1) is 19.9 Å². The molecule has 2 atom stereocenters. The second-order valence-electron chi connectivity index (χ2n) is 7.75. The van der Waals surface area contributed by atoms with Crippen molar-refractivity contribution < 1.29 is 28.6 Å². The van der Waals surface area contributed by atoms with Crippen molar-refractivity contribution in [3.8, 4) is 11.5 Å². The zero-order valence-electron chi connectivity index (χ0n) is 20.0. The lowest BCUT2D eigenvalue weighted by atomic mass is 9.94. The van der Waals surface area contributed by atoms with Crippen LogP contribution in [0.4, 0.5) is 5.69 Å². The minimum absolute atomic E-state index is 0.244. The maximum Gasteiger partial charge on any atom is 0.347 e. The Morgan fingerprint density at radius 2 is 1.56 bits per heavy atom. The number of carbonyl (C=O) groups excluding carboxylic acids is 3. The average Bonchev–Trinajstić information content (AvgIpc) is 2.80. The minimum atomic E-state index is -0.931. The number of benzene rings is 2. The number of anilines is 1. The summed E-state index contributed by atoms with van der Waals surface area (Å²) in [4.78, 5) is 37.0. The first-order chi connectivity index (χ1) is 16.2. The van der Waals surface area contributed by atoms with Gasteiger partial charge in [-0.05, 0) is 73.9 Å². The fourth-order valence-electron chi connectivity index (χ4n) is 3.00. The third-order valence-electron chi connectivity index (χ3n) is 4.79. The van der Waals surface area contributed by atoms with Crippen LogP contribution in [-0.2, 0) is 19.1 Å². The van der Waals surface area contributed by atoms with Crippen molar-refractivity contribution in [1.29, 1.82) is 0 Å². The number of carbonyl (C=O) groups is 3. The summed E-state index contributed by atoms with van der Waals surface area (Å²) in [6.45, 7) is 7.21. The van der Waals surface area contributed by atoms with Crippen LogP contribution in [0.3, 0.4) is 0 Å². The summed E-state index contributed by atoms with van der Waals surface area (Å²) in [7, 11) is 1.56. The molecule has 2 unspecified atom stereocenters. The molecule has 0 saturated heterocycles. The normalized spacial score (nSPS) is 12.6. The van der Waals surface area contributed by atoms with E-state index in [0.717, 1.165) is 0 Å². The van der Waals surface area contributed by atoms with Crippen molar-refractivity contribution >= 4 is 29.7 Å². The third-order valence-corrected chi connectivity index (χ3v) is 4.79. The lowest BCUT2D eigenvalue weighted by Gasteiger charge is -2.18. The number of hydrogen-bond donors (Lipinski definition) is 2. The Bertz CT molecular complexity index is 987. The molecule has 0 radical (unpaired) electrons. The molecule has 0 bridgehead atoms. The second kappa shape index (κ2) is 13.0. The largest absolute Gasteiger partial charge is 0.497 e. The molecule has 0 aliphatic heterocycles. The average molecular weight is 470 g/mol. The van der Waals surface area contributed by atoms with E-state index in [4.69, 9.17) is 14.2 Å². The fourth-order valence-corrected chi connectivity index (χ4v) is 3.00. The molecule has 9 nitrogen and oxygen atoms in total. The summed E-state index contributed by atoms with van der Waals surface area (Å²) >= 11 is 0. The summed E-state index contributed by atoms with van der Waals surface area (Å²) in [5.41, 5.74) is 3.69. The Kier molecular flexibility index (Phi) is 10.1. The number of hydrogen-bond acceptors (Lipinski definition) is 7. The monoisotopic (exact) mass is 469 g/mol. The maximum atomic E-state index is 12.7. The van der Waals surface area contributed by atoms with Crippen LogP contribution in [0.25, 0.3) is 0 Å². The molecular formula is C25H31N3O6. The first kappa shape index (κ1) is 26.4. The predicted octanol–water partition coefficient (Wildman–Crippen LogP) is 3.39. The van der Waals surface area contributed by atoms with Crippen molar-refractivity contribution in [2.45, 2.75) is 33.8 Å². The van der Waals surface area contributed by atoms with Crippen LogP contribution in [0.2, 0.25) is 0 Å². The van der Waals surface area contributed by atoms with Crippen molar-refractivity contribution in [2.75, 3.05) is 19.0 Å². The van der Waals surface area contributed by atoms with Crippen LogP contribution in [-0.4, -0.2) is 43.8 Å². The topological polar surface area (TPSA) is 115 Å². The van der Waals surface area contributed by atoms with Gasteiger partial charge in [-0.25, -0.2) is 10.2 Å². The van der Waals surface area contributed by atoms with E-state index in [1.165, 1.54) is 6.21 Å². The zero-order valence-corrected chi connectivity index (χ0v) is 20.0. The quantitative estimate of drug-likeness (QED) is 0.226. The van der Waals surface area contributed by atoms with E-state index in [0.29, 0.717) is 22.7 Å². The Hall–Kier alpha value is -3.88.